The Morgan fingerprint density at radius 1 is 0.758 bits per heavy atom. The van der Waals surface area contributed by atoms with Crippen LogP contribution in [0.5, 0.6) is 0 Å². The molecule has 0 fully saturated rings. The van der Waals surface area contributed by atoms with E-state index in [0.717, 1.165) is 12.8 Å². The Bertz CT molecular complexity index is 704. The fourth-order valence-corrected chi connectivity index (χ4v) is 15.5. The Kier molecular flexibility index (Phi) is 10.9. The molecule has 0 aliphatic rings. The summed E-state index contributed by atoms with van der Waals surface area (Å²) in [7, 11) is -8.46. The lowest BCUT2D eigenvalue weighted by Gasteiger charge is -2.54. The molecule has 0 rings (SSSR count). The van der Waals surface area contributed by atoms with E-state index in [4.69, 9.17) is 13.3 Å². The van der Waals surface area contributed by atoms with Gasteiger partial charge in [-0.05, 0) is 73.3 Å². The lowest BCUT2D eigenvalue weighted by Crippen LogP contribution is -2.64. The molecule has 0 amide bonds. The van der Waals surface area contributed by atoms with Crippen molar-refractivity contribution < 1.29 is 13.3 Å². The third kappa shape index (κ3) is 6.80. The summed E-state index contributed by atoms with van der Waals surface area (Å²) >= 11 is 0. The molecule has 0 aromatic rings. The van der Waals surface area contributed by atoms with Crippen LogP contribution in [0, 0.1) is 0 Å². The van der Waals surface area contributed by atoms with Gasteiger partial charge in [0.15, 0.2) is 0 Å². The molecule has 194 valence electrons. The van der Waals surface area contributed by atoms with Crippen LogP contribution in [0.2, 0.25) is 50.9 Å². The zero-order valence-corrected chi connectivity index (χ0v) is 28.6. The minimum Gasteiger partial charge on any atom is -0.412 e. The molecular formula is C26H56O3Si4. The molecule has 3 nitrogen and oxygen atoms in total. The summed E-state index contributed by atoms with van der Waals surface area (Å²) in [4.78, 5) is 0. The molecule has 0 aromatic carbocycles. The van der Waals surface area contributed by atoms with Crippen molar-refractivity contribution in [1.82, 2.24) is 0 Å². The van der Waals surface area contributed by atoms with Gasteiger partial charge in [-0.15, -0.1) is 19.7 Å². The first-order chi connectivity index (χ1) is 14.6. The van der Waals surface area contributed by atoms with Crippen LogP contribution in [0.15, 0.2) is 36.8 Å². The Labute approximate surface area is 211 Å². The summed E-state index contributed by atoms with van der Waals surface area (Å²) < 4.78 is 21.0. The average molecular weight is 529 g/mol. The van der Waals surface area contributed by atoms with Crippen LogP contribution in [0.4, 0.5) is 0 Å². The van der Waals surface area contributed by atoms with E-state index >= 15 is 0 Å². The van der Waals surface area contributed by atoms with Crippen molar-refractivity contribution in [2.75, 3.05) is 0 Å². The molecule has 0 N–H and O–H groups in total. The van der Waals surface area contributed by atoms with E-state index in [1.807, 2.05) is 5.70 Å². The quantitative estimate of drug-likeness (QED) is 0.199. The molecule has 0 heterocycles. The summed E-state index contributed by atoms with van der Waals surface area (Å²) in [6.45, 7) is 44.2. The van der Waals surface area contributed by atoms with Crippen LogP contribution in [0.25, 0.3) is 0 Å². The van der Waals surface area contributed by atoms with E-state index in [-0.39, 0.29) is 21.6 Å². The third-order valence-corrected chi connectivity index (χ3v) is 24.3. The van der Waals surface area contributed by atoms with E-state index in [1.54, 1.807) is 0 Å². The van der Waals surface area contributed by atoms with Gasteiger partial charge in [-0.2, -0.15) is 0 Å². The monoisotopic (exact) mass is 528 g/mol. The van der Waals surface area contributed by atoms with Gasteiger partial charge in [0.1, 0.15) is 8.07 Å². The second-order valence-corrected chi connectivity index (χ2v) is 29.5. The number of hydrogen-bond acceptors (Lipinski definition) is 3. The minimum absolute atomic E-state index is 0.0184. The van der Waals surface area contributed by atoms with Gasteiger partial charge < -0.3 is 13.3 Å². The summed E-state index contributed by atoms with van der Waals surface area (Å²) in [5, 5.41) is -0.667. The largest absolute Gasteiger partial charge is 0.412 e. The van der Waals surface area contributed by atoms with Crippen molar-refractivity contribution in [2.24, 2.45) is 0 Å². The van der Waals surface area contributed by atoms with Crippen molar-refractivity contribution in [3.63, 3.8) is 0 Å². The van der Waals surface area contributed by atoms with Crippen LogP contribution in [0.3, 0.4) is 0 Å². The SMILES string of the molecule is C=C[Si](C)(C)OC(C)(C)[Si](C)(C)OC(C)[C@@](C)(CC)[Si](C)(C=C)O[C@@](C)(CC)[Si](C)(C)C=C. The van der Waals surface area contributed by atoms with E-state index in [0.29, 0.717) is 0 Å². The molecule has 0 bridgehead atoms. The molecule has 2 unspecified atom stereocenters. The van der Waals surface area contributed by atoms with Crippen LogP contribution < -0.4 is 0 Å². The highest BCUT2D eigenvalue weighted by Gasteiger charge is 2.56. The van der Waals surface area contributed by atoms with Crippen molar-refractivity contribution in [1.29, 1.82) is 0 Å². The molecule has 33 heavy (non-hydrogen) atoms. The molecule has 0 saturated heterocycles. The first-order valence-electron chi connectivity index (χ1n) is 12.6. The smallest absolute Gasteiger partial charge is 0.222 e. The normalized spacial score (nSPS) is 20.2. The second-order valence-electron chi connectivity index (χ2n) is 12.4. The van der Waals surface area contributed by atoms with E-state index in [2.05, 4.69) is 125 Å². The Morgan fingerprint density at radius 2 is 1.24 bits per heavy atom. The van der Waals surface area contributed by atoms with Gasteiger partial charge in [-0.1, -0.05) is 51.0 Å². The Balaban J connectivity index is 6.26. The predicted octanol–water partition coefficient (Wildman–Crippen LogP) is 8.49. The third-order valence-electron chi connectivity index (χ3n) is 9.07. The van der Waals surface area contributed by atoms with Crippen LogP contribution in [0.1, 0.15) is 61.3 Å². The van der Waals surface area contributed by atoms with Gasteiger partial charge in [0.05, 0.1) is 5.22 Å². The zero-order valence-electron chi connectivity index (χ0n) is 24.6. The highest BCUT2D eigenvalue weighted by Crippen LogP contribution is 2.51. The molecule has 4 atom stereocenters. The van der Waals surface area contributed by atoms with Gasteiger partial charge in [0.25, 0.3) is 0 Å². The molecule has 0 radical (unpaired) electrons. The topological polar surface area (TPSA) is 27.7 Å². The van der Waals surface area contributed by atoms with Crippen molar-refractivity contribution >= 4 is 33.0 Å². The lowest BCUT2D eigenvalue weighted by atomic mass is 10.0. The molecule has 0 aliphatic heterocycles. The fraction of sp³-hybridized carbons (Fsp3) is 0.769. The Hall–Kier alpha value is -0.0325. The maximum absolute atomic E-state index is 7.26. The van der Waals surface area contributed by atoms with Crippen LogP contribution in [-0.2, 0) is 13.3 Å². The van der Waals surface area contributed by atoms with E-state index < -0.39 is 33.0 Å². The van der Waals surface area contributed by atoms with Crippen molar-refractivity contribution in [3.05, 3.63) is 36.8 Å². The van der Waals surface area contributed by atoms with Crippen molar-refractivity contribution in [3.8, 4) is 0 Å². The molecule has 0 spiro atoms. The molecular weight excluding hydrogens is 473 g/mol. The first-order valence-corrected chi connectivity index (χ1v) is 24.0. The maximum Gasteiger partial charge on any atom is 0.222 e. The van der Waals surface area contributed by atoms with E-state index in [9.17, 15) is 0 Å². The van der Waals surface area contributed by atoms with Crippen LogP contribution in [-0.4, -0.2) is 49.6 Å². The summed E-state index contributed by atoms with van der Waals surface area (Å²) in [5.41, 5.74) is 6.31. The highest BCUT2D eigenvalue weighted by molar-refractivity contribution is 6.87. The summed E-state index contributed by atoms with van der Waals surface area (Å²) in [5.74, 6) is 0. The number of hydrogen-bond donors (Lipinski definition) is 0. The maximum atomic E-state index is 7.26. The summed E-state index contributed by atoms with van der Waals surface area (Å²) in [6, 6.07) is 0. The highest BCUT2D eigenvalue weighted by atomic mass is 28.4. The molecule has 0 aliphatic carbocycles. The minimum atomic E-state index is -2.44. The summed E-state index contributed by atoms with van der Waals surface area (Å²) in [6.07, 6.45) is 1.95. The first kappa shape index (κ1) is 33.0. The lowest BCUT2D eigenvalue weighted by molar-refractivity contribution is 0.0767. The standard InChI is InChI=1S/C26H56O3Si4/c1-18-25(9,33(17,22-5)29-26(10,19-2)30(11,12)20-3)23(6)27-32(15,16)24(7,8)28-31(13,14)21-4/h20-23H,3-5,18-19H2,1-2,6-17H3/t23?,25-,26-,33?/m1/s1. The van der Waals surface area contributed by atoms with Crippen molar-refractivity contribution in [2.45, 2.75) is 129 Å². The molecule has 0 saturated carbocycles. The average Bonchev–Trinajstić information content (AvgIpc) is 2.71. The fourth-order valence-electron chi connectivity index (χ4n) is 4.31. The van der Waals surface area contributed by atoms with Gasteiger partial charge in [-0.3, -0.25) is 0 Å². The zero-order chi connectivity index (χ0) is 26.7. The van der Waals surface area contributed by atoms with Gasteiger partial charge in [0, 0.05) is 16.4 Å². The molecule has 7 heteroatoms. The van der Waals surface area contributed by atoms with E-state index in [1.165, 1.54) is 0 Å². The second kappa shape index (κ2) is 10.9. The van der Waals surface area contributed by atoms with Gasteiger partial charge in [0.2, 0.25) is 25.0 Å². The van der Waals surface area contributed by atoms with Gasteiger partial charge in [-0.25, -0.2) is 0 Å². The predicted molar refractivity (Wildman–Crippen MR) is 159 cm³/mol. The van der Waals surface area contributed by atoms with Crippen LogP contribution >= 0.6 is 0 Å². The Morgan fingerprint density at radius 3 is 1.58 bits per heavy atom. The number of rotatable bonds is 15. The molecule has 0 aromatic heterocycles. The van der Waals surface area contributed by atoms with Gasteiger partial charge >= 0.3 is 0 Å².